The van der Waals surface area contributed by atoms with Crippen molar-refractivity contribution in [3.05, 3.63) is 28.5 Å². The van der Waals surface area contributed by atoms with Gasteiger partial charge in [0, 0.05) is 21.6 Å². The summed E-state index contributed by atoms with van der Waals surface area (Å²) in [6, 6.07) is 5.81. The van der Waals surface area contributed by atoms with E-state index in [1.807, 2.05) is 18.2 Å². The van der Waals surface area contributed by atoms with E-state index < -0.39 is 0 Å². The van der Waals surface area contributed by atoms with Crippen molar-refractivity contribution in [2.24, 2.45) is 0 Å². The third-order valence-electron chi connectivity index (χ3n) is 3.75. The van der Waals surface area contributed by atoms with Crippen LogP contribution in [0.5, 0.6) is 0 Å². The number of nitrogens with one attached hydrogen (secondary N) is 1. The molecule has 0 aliphatic heterocycles. The predicted octanol–water partition coefficient (Wildman–Crippen LogP) is 3.86. The van der Waals surface area contributed by atoms with Crippen LogP contribution in [-0.4, -0.2) is 15.2 Å². The highest BCUT2D eigenvalue weighted by Gasteiger charge is 2.19. The molecule has 1 aromatic carbocycles. The summed E-state index contributed by atoms with van der Waals surface area (Å²) in [6.07, 6.45) is 6.38. The van der Waals surface area contributed by atoms with Gasteiger partial charge in [-0.05, 0) is 47.0 Å². The van der Waals surface area contributed by atoms with Crippen molar-refractivity contribution in [1.82, 2.24) is 15.2 Å². The highest BCUT2D eigenvalue weighted by atomic mass is 79.9. The number of nitrogens with two attached hydrogens (primary N) is 1. The molecule has 3 rings (SSSR count). The van der Waals surface area contributed by atoms with Crippen molar-refractivity contribution in [3.63, 3.8) is 0 Å². The van der Waals surface area contributed by atoms with Crippen LogP contribution < -0.4 is 5.73 Å². The maximum absolute atomic E-state index is 5.89. The number of aromatic amines is 1. The van der Waals surface area contributed by atoms with Gasteiger partial charge in [-0.2, -0.15) is 5.10 Å². The number of anilines is 1. The molecule has 0 unspecified atom stereocenters. The monoisotopic (exact) mass is 320 g/mol. The molecule has 1 aliphatic rings. The molecule has 1 saturated carbocycles. The summed E-state index contributed by atoms with van der Waals surface area (Å²) in [5.74, 6) is 2.30. The van der Waals surface area contributed by atoms with Gasteiger partial charge in [0.15, 0.2) is 5.82 Å². The van der Waals surface area contributed by atoms with Gasteiger partial charge in [0.1, 0.15) is 5.82 Å². The zero-order valence-corrected chi connectivity index (χ0v) is 12.3. The smallest absolute Gasteiger partial charge is 0.181 e. The average Bonchev–Trinajstić information content (AvgIpc) is 2.93. The fourth-order valence-electron chi connectivity index (χ4n) is 2.64. The molecule has 2 aromatic rings. The number of hydrogen-bond donors (Lipinski definition) is 2. The van der Waals surface area contributed by atoms with E-state index in [1.165, 1.54) is 32.1 Å². The molecule has 1 aromatic heterocycles. The largest absolute Gasteiger partial charge is 0.398 e. The number of nitrogens with zero attached hydrogens (tertiary/aromatic N) is 2. The fourth-order valence-corrected chi connectivity index (χ4v) is 2.89. The van der Waals surface area contributed by atoms with Crippen molar-refractivity contribution in [3.8, 4) is 11.4 Å². The standard InChI is InChI=1S/C14H17BrN4/c15-11-7-6-10(8-12(11)16)14-17-13(18-19-14)9-4-2-1-3-5-9/h6-9H,1-5,16H2,(H,17,18,19). The van der Waals surface area contributed by atoms with Crippen molar-refractivity contribution < 1.29 is 0 Å². The zero-order chi connectivity index (χ0) is 13.2. The quantitative estimate of drug-likeness (QED) is 0.825. The van der Waals surface area contributed by atoms with Crippen LogP contribution >= 0.6 is 15.9 Å². The topological polar surface area (TPSA) is 67.6 Å². The Morgan fingerprint density at radius 3 is 2.74 bits per heavy atom. The summed E-state index contributed by atoms with van der Waals surface area (Å²) in [6.45, 7) is 0. The molecule has 0 spiro atoms. The van der Waals surface area contributed by atoms with Crippen LogP contribution in [0.3, 0.4) is 0 Å². The van der Waals surface area contributed by atoms with E-state index in [9.17, 15) is 0 Å². The van der Waals surface area contributed by atoms with Gasteiger partial charge in [-0.1, -0.05) is 19.3 Å². The number of H-pyrrole nitrogens is 1. The van der Waals surface area contributed by atoms with Crippen LogP contribution in [0, 0.1) is 0 Å². The first kappa shape index (κ1) is 12.7. The predicted molar refractivity (Wildman–Crippen MR) is 79.8 cm³/mol. The molecular formula is C14H17BrN4. The Balaban J connectivity index is 1.85. The van der Waals surface area contributed by atoms with Crippen LogP contribution in [0.25, 0.3) is 11.4 Å². The van der Waals surface area contributed by atoms with Gasteiger partial charge in [0.25, 0.3) is 0 Å². The molecule has 1 heterocycles. The highest BCUT2D eigenvalue weighted by Crippen LogP contribution is 2.32. The van der Waals surface area contributed by atoms with Gasteiger partial charge in [-0.25, -0.2) is 4.98 Å². The van der Waals surface area contributed by atoms with E-state index in [-0.39, 0.29) is 0 Å². The number of hydrogen-bond acceptors (Lipinski definition) is 3. The summed E-state index contributed by atoms with van der Waals surface area (Å²) in [5, 5.41) is 7.42. The van der Waals surface area contributed by atoms with Gasteiger partial charge < -0.3 is 5.73 Å². The van der Waals surface area contributed by atoms with Crippen LogP contribution in [-0.2, 0) is 0 Å². The van der Waals surface area contributed by atoms with E-state index in [2.05, 4.69) is 31.1 Å². The second kappa shape index (κ2) is 5.33. The molecule has 4 nitrogen and oxygen atoms in total. The number of nitrogen functional groups attached to an aromatic ring is 1. The lowest BCUT2D eigenvalue weighted by molar-refractivity contribution is 0.429. The van der Waals surface area contributed by atoms with Crippen LogP contribution in [0.1, 0.15) is 43.8 Å². The summed E-state index contributed by atoms with van der Waals surface area (Å²) >= 11 is 3.40. The summed E-state index contributed by atoms with van der Waals surface area (Å²) < 4.78 is 0.902. The van der Waals surface area contributed by atoms with Crippen molar-refractivity contribution in [1.29, 1.82) is 0 Å². The molecule has 1 aliphatic carbocycles. The lowest BCUT2D eigenvalue weighted by Gasteiger charge is -2.18. The molecule has 19 heavy (non-hydrogen) atoms. The maximum Gasteiger partial charge on any atom is 0.181 e. The Hall–Kier alpha value is -1.36. The van der Waals surface area contributed by atoms with Crippen LogP contribution in [0.4, 0.5) is 5.69 Å². The number of halogens is 1. The normalized spacial score (nSPS) is 16.7. The van der Waals surface area contributed by atoms with Gasteiger partial charge >= 0.3 is 0 Å². The molecule has 1 fully saturated rings. The molecule has 0 amide bonds. The lowest BCUT2D eigenvalue weighted by Crippen LogP contribution is -2.06. The molecule has 3 N–H and O–H groups in total. The van der Waals surface area contributed by atoms with E-state index in [4.69, 9.17) is 5.73 Å². The van der Waals surface area contributed by atoms with Gasteiger partial charge in [0.2, 0.25) is 0 Å². The van der Waals surface area contributed by atoms with Gasteiger partial charge in [0.05, 0.1) is 0 Å². The molecule has 0 saturated heterocycles. The van der Waals surface area contributed by atoms with Crippen molar-refractivity contribution in [2.75, 3.05) is 5.73 Å². The van der Waals surface area contributed by atoms with Crippen LogP contribution in [0.15, 0.2) is 22.7 Å². The number of rotatable bonds is 2. The minimum Gasteiger partial charge on any atom is -0.398 e. The molecule has 0 atom stereocenters. The first-order valence-electron chi connectivity index (χ1n) is 6.72. The Labute approximate surface area is 120 Å². The first-order valence-corrected chi connectivity index (χ1v) is 7.51. The van der Waals surface area contributed by atoms with Crippen LogP contribution in [0.2, 0.25) is 0 Å². The summed E-state index contributed by atoms with van der Waals surface area (Å²) in [7, 11) is 0. The zero-order valence-electron chi connectivity index (χ0n) is 10.7. The Bertz CT molecular complexity index is 573. The van der Waals surface area contributed by atoms with Gasteiger partial charge in [-0.15, -0.1) is 0 Å². The van der Waals surface area contributed by atoms with E-state index in [0.29, 0.717) is 11.6 Å². The van der Waals surface area contributed by atoms with E-state index in [0.717, 1.165) is 21.7 Å². The second-order valence-corrected chi connectivity index (χ2v) is 5.97. The third-order valence-corrected chi connectivity index (χ3v) is 4.47. The third kappa shape index (κ3) is 2.66. The molecule has 0 radical (unpaired) electrons. The molecule has 0 bridgehead atoms. The first-order chi connectivity index (χ1) is 9.24. The summed E-state index contributed by atoms with van der Waals surface area (Å²) in [4.78, 5) is 4.64. The van der Waals surface area contributed by atoms with E-state index in [1.54, 1.807) is 0 Å². The van der Waals surface area contributed by atoms with E-state index >= 15 is 0 Å². The summed E-state index contributed by atoms with van der Waals surface area (Å²) in [5.41, 5.74) is 7.56. The Morgan fingerprint density at radius 1 is 1.21 bits per heavy atom. The molecule has 100 valence electrons. The molecular weight excluding hydrogens is 304 g/mol. The van der Waals surface area contributed by atoms with Gasteiger partial charge in [-0.3, -0.25) is 5.10 Å². The maximum atomic E-state index is 5.89. The average molecular weight is 321 g/mol. The minimum atomic E-state index is 0.544. The second-order valence-electron chi connectivity index (χ2n) is 5.12. The SMILES string of the molecule is Nc1cc(-c2n[nH]c(C3CCCCC3)n2)ccc1Br. The lowest BCUT2D eigenvalue weighted by atomic mass is 9.89. The van der Waals surface area contributed by atoms with Crippen molar-refractivity contribution in [2.45, 2.75) is 38.0 Å². The minimum absolute atomic E-state index is 0.544. The Morgan fingerprint density at radius 2 is 2.00 bits per heavy atom. The number of aromatic nitrogens is 3. The fraction of sp³-hybridized carbons (Fsp3) is 0.429. The highest BCUT2D eigenvalue weighted by molar-refractivity contribution is 9.10. The Kier molecular flexibility index (Phi) is 3.55. The molecule has 5 heteroatoms. The van der Waals surface area contributed by atoms with Crippen molar-refractivity contribution >= 4 is 21.6 Å². The number of benzene rings is 1.